The number of hydrogen-bond acceptors (Lipinski definition) is 4. The number of likely N-dealkylation sites (tertiary alicyclic amines) is 1. The standard InChI is InChI=1S/C19H22ClFN2O3S/c20-15-4-6-19(7-5-15)27(24,25)22-17-8-10-23(11-9-17)12-13-26-18-3-1-2-16(21)14-18/h1-7,14,17,22H,8-13H2. The lowest BCUT2D eigenvalue weighted by Crippen LogP contribution is -2.45. The second-order valence-corrected chi connectivity index (χ2v) is 8.65. The zero-order valence-electron chi connectivity index (χ0n) is 14.8. The van der Waals surface area contributed by atoms with Crippen LogP contribution in [0.2, 0.25) is 5.02 Å². The summed E-state index contributed by atoms with van der Waals surface area (Å²) in [6.45, 7) is 2.73. The Labute approximate surface area is 164 Å². The number of rotatable bonds is 7. The number of benzene rings is 2. The van der Waals surface area contributed by atoms with Gasteiger partial charge < -0.3 is 4.74 Å². The molecule has 3 rings (SSSR count). The fourth-order valence-corrected chi connectivity index (χ4v) is 4.46. The van der Waals surface area contributed by atoms with Crippen LogP contribution in [0, 0.1) is 5.82 Å². The molecule has 27 heavy (non-hydrogen) atoms. The van der Waals surface area contributed by atoms with Crippen LogP contribution in [0.15, 0.2) is 53.4 Å². The van der Waals surface area contributed by atoms with Crippen molar-refractivity contribution in [3.63, 3.8) is 0 Å². The Morgan fingerprint density at radius 2 is 1.85 bits per heavy atom. The van der Waals surface area contributed by atoms with Gasteiger partial charge in [-0.15, -0.1) is 0 Å². The summed E-state index contributed by atoms with van der Waals surface area (Å²) < 4.78 is 46.3. The highest BCUT2D eigenvalue weighted by molar-refractivity contribution is 7.89. The number of ether oxygens (including phenoxy) is 1. The first-order chi connectivity index (χ1) is 12.9. The molecule has 0 aliphatic carbocycles. The van der Waals surface area contributed by atoms with Crippen LogP contribution < -0.4 is 9.46 Å². The topological polar surface area (TPSA) is 58.6 Å². The summed E-state index contributed by atoms with van der Waals surface area (Å²) in [5, 5.41) is 0.503. The Kier molecular flexibility index (Phi) is 6.70. The molecule has 0 spiro atoms. The number of halogens is 2. The van der Waals surface area contributed by atoms with Crippen molar-refractivity contribution < 1.29 is 17.5 Å². The van der Waals surface area contributed by atoms with Crippen molar-refractivity contribution >= 4 is 21.6 Å². The highest BCUT2D eigenvalue weighted by Crippen LogP contribution is 2.17. The van der Waals surface area contributed by atoms with Gasteiger partial charge in [0, 0.05) is 23.7 Å². The Hall–Kier alpha value is -1.67. The molecule has 1 heterocycles. The number of piperidine rings is 1. The largest absolute Gasteiger partial charge is 0.492 e. The van der Waals surface area contributed by atoms with Crippen molar-refractivity contribution in [1.29, 1.82) is 0 Å². The minimum Gasteiger partial charge on any atom is -0.492 e. The second kappa shape index (κ2) is 9.01. The molecule has 146 valence electrons. The maximum Gasteiger partial charge on any atom is 0.240 e. The molecule has 0 amide bonds. The fourth-order valence-electron chi connectivity index (χ4n) is 3.03. The number of nitrogens with one attached hydrogen (secondary N) is 1. The van der Waals surface area contributed by atoms with Gasteiger partial charge in [0.1, 0.15) is 18.2 Å². The van der Waals surface area contributed by atoms with Gasteiger partial charge in [-0.25, -0.2) is 17.5 Å². The highest BCUT2D eigenvalue weighted by Gasteiger charge is 2.24. The number of hydrogen-bond donors (Lipinski definition) is 1. The van der Waals surface area contributed by atoms with E-state index in [9.17, 15) is 12.8 Å². The summed E-state index contributed by atoms with van der Waals surface area (Å²) in [6, 6.07) is 12.1. The fraction of sp³-hybridized carbons (Fsp3) is 0.368. The molecule has 0 atom stereocenters. The van der Waals surface area contributed by atoms with Gasteiger partial charge in [0.15, 0.2) is 0 Å². The maximum absolute atomic E-state index is 13.1. The van der Waals surface area contributed by atoms with Gasteiger partial charge in [-0.2, -0.15) is 0 Å². The zero-order valence-corrected chi connectivity index (χ0v) is 16.3. The molecule has 0 radical (unpaired) electrons. The monoisotopic (exact) mass is 412 g/mol. The minimum absolute atomic E-state index is 0.0916. The predicted molar refractivity (Wildman–Crippen MR) is 103 cm³/mol. The van der Waals surface area contributed by atoms with E-state index in [0.29, 0.717) is 23.9 Å². The minimum atomic E-state index is -3.54. The molecule has 0 bridgehead atoms. The van der Waals surface area contributed by atoms with E-state index in [1.807, 2.05) is 0 Å². The number of sulfonamides is 1. The molecule has 5 nitrogen and oxygen atoms in total. The summed E-state index contributed by atoms with van der Waals surface area (Å²) in [4.78, 5) is 2.43. The Balaban J connectivity index is 1.42. The average Bonchev–Trinajstić information content (AvgIpc) is 2.63. The molecule has 1 aliphatic heterocycles. The van der Waals surface area contributed by atoms with Gasteiger partial charge in [-0.3, -0.25) is 4.90 Å². The van der Waals surface area contributed by atoms with E-state index in [4.69, 9.17) is 16.3 Å². The van der Waals surface area contributed by atoms with Gasteiger partial charge in [-0.05, 0) is 62.3 Å². The summed E-state index contributed by atoms with van der Waals surface area (Å²) in [5.74, 6) is 0.196. The molecule has 0 saturated carbocycles. The van der Waals surface area contributed by atoms with E-state index in [1.165, 1.54) is 24.3 Å². The summed E-state index contributed by atoms with van der Waals surface area (Å²) in [6.07, 6.45) is 1.46. The van der Waals surface area contributed by atoms with E-state index in [0.717, 1.165) is 25.9 Å². The summed E-state index contributed by atoms with van der Waals surface area (Å²) in [7, 11) is -3.54. The first kappa shape index (κ1) is 20.1. The molecule has 0 unspecified atom stereocenters. The molecule has 1 N–H and O–H groups in total. The van der Waals surface area contributed by atoms with Gasteiger partial charge in [0.2, 0.25) is 10.0 Å². The lowest BCUT2D eigenvalue weighted by molar-refractivity contribution is 0.170. The molecule has 2 aromatic rings. The molecule has 1 fully saturated rings. The van der Waals surface area contributed by atoms with Crippen molar-refractivity contribution in [2.24, 2.45) is 0 Å². The smallest absolute Gasteiger partial charge is 0.240 e. The summed E-state index contributed by atoms with van der Waals surface area (Å²) >= 11 is 5.81. The third-order valence-corrected chi connectivity index (χ3v) is 6.29. The van der Waals surface area contributed by atoms with Crippen molar-refractivity contribution in [3.05, 3.63) is 59.4 Å². The first-order valence-electron chi connectivity index (χ1n) is 8.81. The Morgan fingerprint density at radius 3 is 2.52 bits per heavy atom. The predicted octanol–water partition coefficient (Wildman–Crippen LogP) is 3.30. The van der Waals surface area contributed by atoms with Crippen LogP contribution in [-0.2, 0) is 10.0 Å². The summed E-state index contributed by atoms with van der Waals surface area (Å²) in [5.41, 5.74) is 0. The zero-order chi connectivity index (χ0) is 19.3. The van der Waals surface area contributed by atoms with Crippen LogP contribution in [-0.4, -0.2) is 45.6 Å². The van der Waals surface area contributed by atoms with Crippen LogP contribution in [0.5, 0.6) is 5.75 Å². The maximum atomic E-state index is 13.1. The van der Waals surface area contributed by atoms with Crippen molar-refractivity contribution in [3.8, 4) is 5.75 Å². The normalized spacial score (nSPS) is 16.4. The van der Waals surface area contributed by atoms with Crippen LogP contribution in [0.25, 0.3) is 0 Å². The van der Waals surface area contributed by atoms with Crippen LogP contribution in [0.3, 0.4) is 0 Å². The third kappa shape index (κ3) is 5.90. The molecule has 8 heteroatoms. The first-order valence-corrected chi connectivity index (χ1v) is 10.7. The lowest BCUT2D eigenvalue weighted by Gasteiger charge is -2.32. The van der Waals surface area contributed by atoms with E-state index in [1.54, 1.807) is 24.3 Å². The highest BCUT2D eigenvalue weighted by atomic mass is 35.5. The SMILES string of the molecule is O=S(=O)(NC1CCN(CCOc2cccc(F)c2)CC1)c1ccc(Cl)cc1. The second-order valence-electron chi connectivity index (χ2n) is 6.50. The quantitative estimate of drug-likeness (QED) is 0.758. The van der Waals surface area contributed by atoms with Crippen molar-refractivity contribution in [2.75, 3.05) is 26.2 Å². The van der Waals surface area contributed by atoms with Crippen LogP contribution >= 0.6 is 11.6 Å². The van der Waals surface area contributed by atoms with Crippen LogP contribution in [0.4, 0.5) is 4.39 Å². The molecule has 1 aliphatic rings. The molecule has 0 aromatic heterocycles. The van der Waals surface area contributed by atoms with E-state index < -0.39 is 10.0 Å². The van der Waals surface area contributed by atoms with Crippen molar-refractivity contribution in [1.82, 2.24) is 9.62 Å². The average molecular weight is 413 g/mol. The van der Waals surface area contributed by atoms with Gasteiger partial charge >= 0.3 is 0 Å². The number of nitrogens with zero attached hydrogens (tertiary/aromatic N) is 1. The van der Waals surface area contributed by atoms with E-state index >= 15 is 0 Å². The molecular formula is C19H22ClFN2O3S. The van der Waals surface area contributed by atoms with Crippen molar-refractivity contribution in [2.45, 2.75) is 23.8 Å². The molecular weight excluding hydrogens is 391 g/mol. The van der Waals surface area contributed by atoms with E-state index in [-0.39, 0.29) is 16.8 Å². The van der Waals surface area contributed by atoms with E-state index in [2.05, 4.69) is 9.62 Å². The lowest BCUT2D eigenvalue weighted by atomic mass is 10.1. The van der Waals surface area contributed by atoms with Gasteiger partial charge in [0.25, 0.3) is 0 Å². The Morgan fingerprint density at radius 1 is 1.15 bits per heavy atom. The van der Waals surface area contributed by atoms with Crippen LogP contribution in [0.1, 0.15) is 12.8 Å². The Bertz CT molecular complexity index is 854. The van der Waals surface area contributed by atoms with Gasteiger partial charge in [-0.1, -0.05) is 17.7 Å². The third-order valence-electron chi connectivity index (χ3n) is 4.51. The molecule has 2 aromatic carbocycles. The van der Waals surface area contributed by atoms with Gasteiger partial charge in [0.05, 0.1) is 4.90 Å². The molecule has 1 saturated heterocycles.